The maximum Gasteiger partial charge on any atom is 0.416 e. The zero-order valence-corrected chi connectivity index (χ0v) is 12.2. The van der Waals surface area contributed by atoms with E-state index in [2.05, 4.69) is 19.2 Å². The Kier molecular flexibility index (Phi) is 4.43. The van der Waals surface area contributed by atoms with Gasteiger partial charge < -0.3 is 5.32 Å². The molecule has 4 heteroatoms. The van der Waals surface area contributed by atoms with Crippen LogP contribution in [0.4, 0.5) is 13.2 Å². The lowest BCUT2D eigenvalue weighted by atomic mass is 9.96. The van der Waals surface area contributed by atoms with Crippen molar-refractivity contribution in [1.82, 2.24) is 5.32 Å². The molecule has 2 rings (SSSR count). The first kappa shape index (κ1) is 15.4. The van der Waals surface area contributed by atoms with Gasteiger partial charge in [-0.05, 0) is 49.3 Å². The molecule has 1 nitrogen and oxygen atoms in total. The molecular formula is C16H22F3N. The topological polar surface area (TPSA) is 12.0 Å². The van der Waals surface area contributed by atoms with E-state index >= 15 is 0 Å². The summed E-state index contributed by atoms with van der Waals surface area (Å²) >= 11 is 0. The standard InChI is InChI=1S/C16H22F3N/c1-10-4-9-15(11(10)2)20-12(3)13-5-7-14(8-6-13)16(17,18)19/h5-8,10-12,15,20H,4,9H2,1-3H3. The number of rotatable bonds is 3. The van der Waals surface area contributed by atoms with E-state index in [4.69, 9.17) is 0 Å². The van der Waals surface area contributed by atoms with Crippen molar-refractivity contribution in [2.45, 2.75) is 51.9 Å². The van der Waals surface area contributed by atoms with Gasteiger partial charge >= 0.3 is 6.18 Å². The largest absolute Gasteiger partial charge is 0.416 e. The molecule has 0 aromatic heterocycles. The quantitative estimate of drug-likeness (QED) is 0.842. The molecule has 0 heterocycles. The van der Waals surface area contributed by atoms with E-state index in [9.17, 15) is 13.2 Å². The van der Waals surface area contributed by atoms with Crippen molar-refractivity contribution in [3.63, 3.8) is 0 Å². The minimum Gasteiger partial charge on any atom is -0.307 e. The van der Waals surface area contributed by atoms with Crippen LogP contribution >= 0.6 is 0 Å². The van der Waals surface area contributed by atoms with Gasteiger partial charge in [0.1, 0.15) is 0 Å². The SMILES string of the molecule is CC(NC1CCC(C)C1C)c1ccc(C(F)(F)F)cc1. The molecule has 112 valence electrons. The van der Waals surface area contributed by atoms with Gasteiger partial charge in [-0.1, -0.05) is 26.0 Å². The summed E-state index contributed by atoms with van der Waals surface area (Å²) in [5, 5.41) is 3.55. The Balaban J connectivity index is 2.01. The van der Waals surface area contributed by atoms with Crippen molar-refractivity contribution < 1.29 is 13.2 Å². The molecule has 0 saturated heterocycles. The number of benzene rings is 1. The summed E-state index contributed by atoms with van der Waals surface area (Å²) in [7, 11) is 0. The lowest BCUT2D eigenvalue weighted by Gasteiger charge is -2.24. The van der Waals surface area contributed by atoms with Crippen molar-refractivity contribution in [2.75, 3.05) is 0 Å². The van der Waals surface area contributed by atoms with Gasteiger partial charge in [0.25, 0.3) is 0 Å². The van der Waals surface area contributed by atoms with E-state index in [0.717, 1.165) is 24.1 Å². The van der Waals surface area contributed by atoms with Gasteiger partial charge in [-0.25, -0.2) is 0 Å². The highest BCUT2D eigenvalue weighted by Crippen LogP contribution is 2.33. The fraction of sp³-hybridized carbons (Fsp3) is 0.625. The maximum atomic E-state index is 12.5. The Hall–Kier alpha value is -1.03. The average Bonchev–Trinajstić information content (AvgIpc) is 2.70. The number of hydrogen-bond donors (Lipinski definition) is 1. The van der Waals surface area contributed by atoms with Gasteiger partial charge in [0, 0.05) is 12.1 Å². The van der Waals surface area contributed by atoms with Gasteiger partial charge in [0.15, 0.2) is 0 Å². The van der Waals surface area contributed by atoms with E-state index in [0.29, 0.717) is 17.9 Å². The second-order valence-corrected chi connectivity index (χ2v) is 6.03. The second-order valence-electron chi connectivity index (χ2n) is 6.03. The molecule has 1 saturated carbocycles. The number of halogens is 3. The van der Waals surface area contributed by atoms with Crippen molar-refractivity contribution in [3.8, 4) is 0 Å². The summed E-state index contributed by atoms with van der Waals surface area (Å²) in [5.74, 6) is 1.33. The predicted octanol–water partition coefficient (Wildman–Crippen LogP) is 4.79. The van der Waals surface area contributed by atoms with Gasteiger partial charge in [0.05, 0.1) is 5.56 Å². The second kappa shape index (κ2) is 5.76. The van der Waals surface area contributed by atoms with Crippen LogP contribution in [0.15, 0.2) is 24.3 Å². The zero-order valence-electron chi connectivity index (χ0n) is 12.2. The molecule has 0 amide bonds. The summed E-state index contributed by atoms with van der Waals surface area (Å²) in [6.45, 7) is 6.52. The smallest absolute Gasteiger partial charge is 0.307 e. The molecular weight excluding hydrogens is 263 g/mol. The van der Waals surface area contributed by atoms with Crippen LogP contribution in [0.1, 0.15) is 50.8 Å². The molecule has 1 aromatic rings. The Labute approximate surface area is 118 Å². The summed E-state index contributed by atoms with van der Waals surface area (Å²) < 4.78 is 37.6. The first-order valence-corrected chi connectivity index (χ1v) is 7.22. The van der Waals surface area contributed by atoms with E-state index in [1.165, 1.54) is 6.42 Å². The van der Waals surface area contributed by atoms with Gasteiger partial charge in [-0.3, -0.25) is 0 Å². The first-order valence-electron chi connectivity index (χ1n) is 7.22. The Morgan fingerprint density at radius 2 is 1.70 bits per heavy atom. The van der Waals surface area contributed by atoms with Crippen molar-refractivity contribution in [2.24, 2.45) is 11.8 Å². The molecule has 1 N–H and O–H groups in total. The Bertz CT molecular complexity index is 438. The summed E-state index contributed by atoms with van der Waals surface area (Å²) in [4.78, 5) is 0. The Morgan fingerprint density at radius 3 is 2.15 bits per heavy atom. The predicted molar refractivity (Wildman–Crippen MR) is 74.3 cm³/mol. The zero-order chi connectivity index (χ0) is 14.9. The molecule has 1 fully saturated rings. The van der Waals surface area contributed by atoms with Crippen LogP contribution in [-0.4, -0.2) is 6.04 Å². The van der Waals surface area contributed by atoms with Crippen LogP contribution < -0.4 is 5.32 Å². The molecule has 0 radical (unpaired) electrons. The molecule has 20 heavy (non-hydrogen) atoms. The highest BCUT2D eigenvalue weighted by atomic mass is 19.4. The third-order valence-corrected chi connectivity index (χ3v) is 4.67. The van der Waals surface area contributed by atoms with Crippen LogP contribution in [0.2, 0.25) is 0 Å². The van der Waals surface area contributed by atoms with Crippen molar-refractivity contribution in [3.05, 3.63) is 35.4 Å². The minimum absolute atomic E-state index is 0.0787. The van der Waals surface area contributed by atoms with Crippen LogP contribution in [0, 0.1) is 11.8 Å². The summed E-state index contributed by atoms with van der Waals surface area (Å²) in [6.07, 6.45) is -1.89. The number of nitrogens with one attached hydrogen (secondary N) is 1. The van der Waals surface area contributed by atoms with Crippen LogP contribution in [0.25, 0.3) is 0 Å². The highest BCUT2D eigenvalue weighted by molar-refractivity contribution is 5.26. The molecule has 4 atom stereocenters. The van der Waals surface area contributed by atoms with E-state index in [-0.39, 0.29) is 6.04 Å². The highest BCUT2D eigenvalue weighted by Gasteiger charge is 2.32. The number of hydrogen-bond acceptors (Lipinski definition) is 1. The third-order valence-electron chi connectivity index (χ3n) is 4.67. The fourth-order valence-corrected chi connectivity index (χ4v) is 2.98. The summed E-state index contributed by atoms with van der Waals surface area (Å²) in [6, 6.07) is 6.01. The molecule has 4 unspecified atom stereocenters. The molecule has 1 aliphatic rings. The van der Waals surface area contributed by atoms with Crippen LogP contribution in [0.5, 0.6) is 0 Å². The van der Waals surface area contributed by atoms with Gasteiger partial charge in [-0.2, -0.15) is 13.2 Å². The molecule has 1 aromatic carbocycles. The van der Waals surface area contributed by atoms with E-state index < -0.39 is 11.7 Å². The number of alkyl halides is 3. The molecule has 0 bridgehead atoms. The molecule has 1 aliphatic carbocycles. The van der Waals surface area contributed by atoms with Crippen LogP contribution in [-0.2, 0) is 6.18 Å². The Morgan fingerprint density at radius 1 is 1.10 bits per heavy atom. The maximum absolute atomic E-state index is 12.5. The molecule has 0 spiro atoms. The van der Waals surface area contributed by atoms with Gasteiger partial charge in [0.2, 0.25) is 0 Å². The lowest BCUT2D eigenvalue weighted by Crippen LogP contribution is -2.34. The van der Waals surface area contributed by atoms with Crippen LogP contribution in [0.3, 0.4) is 0 Å². The normalized spacial score (nSPS) is 28.6. The van der Waals surface area contributed by atoms with Crippen molar-refractivity contribution >= 4 is 0 Å². The first-order chi connectivity index (χ1) is 9.29. The van der Waals surface area contributed by atoms with E-state index in [1.54, 1.807) is 12.1 Å². The fourth-order valence-electron chi connectivity index (χ4n) is 2.98. The lowest BCUT2D eigenvalue weighted by molar-refractivity contribution is -0.137. The minimum atomic E-state index is -4.26. The van der Waals surface area contributed by atoms with E-state index in [1.807, 2.05) is 6.92 Å². The monoisotopic (exact) mass is 285 g/mol. The van der Waals surface area contributed by atoms with Crippen molar-refractivity contribution in [1.29, 1.82) is 0 Å². The molecule has 0 aliphatic heterocycles. The third kappa shape index (κ3) is 3.35. The average molecular weight is 285 g/mol. The van der Waals surface area contributed by atoms with Gasteiger partial charge in [-0.15, -0.1) is 0 Å². The summed E-state index contributed by atoms with van der Waals surface area (Å²) in [5.41, 5.74) is 0.320.